The Labute approximate surface area is 102 Å². The molecule has 4 heteroatoms. The highest BCUT2D eigenvalue weighted by Crippen LogP contribution is 2.00. The number of hydrogen-bond donors (Lipinski definition) is 1. The number of rotatable bonds is 7. The summed E-state index contributed by atoms with van der Waals surface area (Å²) in [5, 5.41) is 12.8. The third-order valence-electron chi connectivity index (χ3n) is 2.30. The summed E-state index contributed by atoms with van der Waals surface area (Å²) in [4.78, 5) is 11.3. The highest BCUT2D eigenvalue weighted by atomic mass is 16.5. The lowest BCUT2D eigenvalue weighted by Gasteiger charge is -2.06. The molecule has 1 aromatic carbocycles. The van der Waals surface area contributed by atoms with Crippen LogP contribution in [0.1, 0.15) is 24.8 Å². The topological polar surface area (TPSA) is 58.2 Å². The summed E-state index contributed by atoms with van der Waals surface area (Å²) in [7, 11) is 0. The van der Waals surface area contributed by atoms with Crippen molar-refractivity contribution in [1.82, 2.24) is 5.32 Å². The van der Waals surface area contributed by atoms with Gasteiger partial charge in [0.05, 0.1) is 6.61 Å². The van der Waals surface area contributed by atoms with E-state index in [0.29, 0.717) is 13.0 Å². The Balaban J connectivity index is 2.05. The van der Waals surface area contributed by atoms with Crippen molar-refractivity contribution in [3.05, 3.63) is 35.9 Å². The normalized spacial score (nSPS) is 9.94. The number of ether oxygens (including phenoxy) is 1. The van der Waals surface area contributed by atoms with E-state index >= 15 is 0 Å². The first kappa shape index (κ1) is 13.5. The van der Waals surface area contributed by atoms with Gasteiger partial charge < -0.3 is 10.1 Å². The van der Waals surface area contributed by atoms with Crippen molar-refractivity contribution in [3.63, 3.8) is 0 Å². The molecule has 1 rings (SSSR count). The molecule has 0 saturated heterocycles. The van der Waals surface area contributed by atoms with Crippen LogP contribution in [-0.2, 0) is 16.5 Å². The van der Waals surface area contributed by atoms with E-state index in [2.05, 4.69) is 5.32 Å². The molecule has 1 N–H and O–H groups in total. The van der Waals surface area contributed by atoms with Crippen LogP contribution in [-0.4, -0.2) is 19.2 Å². The largest absolute Gasteiger partial charge is 0.445 e. The van der Waals surface area contributed by atoms with Crippen molar-refractivity contribution < 1.29 is 14.6 Å². The fourth-order valence-electron chi connectivity index (χ4n) is 1.37. The van der Waals surface area contributed by atoms with Gasteiger partial charge in [-0.1, -0.05) is 30.3 Å². The van der Waals surface area contributed by atoms with Crippen LogP contribution in [0, 0.1) is 0 Å². The number of alkyl carbamates (subject to hydrolysis) is 1. The number of unbranched alkanes of at least 4 members (excludes halogenated alkanes) is 2. The predicted molar refractivity (Wildman–Crippen MR) is 64.0 cm³/mol. The fourth-order valence-corrected chi connectivity index (χ4v) is 1.37. The molecule has 1 aromatic rings. The summed E-state index contributed by atoms with van der Waals surface area (Å²) in [5.41, 5.74) is 0.967. The Kier molecular flexibility index (Phi) is 6.82. The number of amides is 1. The molecule has 0 aliphatic carbocycles. The molecule has 0 aliphatic rings. The third-order valence-corrected chi connectivity index (χ3v) is 2.30. The summed E-state index contributed by atoms with van der Waals surface area (Å²) in [6.45, 7) is 0.805. The SMILES string of the molecule is [O]CCCCCNC(=O)OCc1ccccc1. The van der Waals surface area contributed by atoms with Crippen molar-refractivity contribution in [2.24, 2.45) is 0 Å². The maximum Gasteiger partial charge on any atom is 0.407 e. The average Bonchev–Trinajstić information content (AvgIpc) is 2.37. The van der Waals surface area contributed by atoms with E-state index in [1.54, 1.807) is 0 Å². The molecule has 0 fully saturated rings. The van der Waals surface area contributed by atoms with Gasteiger partial charge in [0, 0.05) is 6.54 Å². The summed E-state index contributed by atoms with van der Waals surface area (Å²) < 4.78 is 5.02. The van der Waals surface area contributed by atoms with Gasteiger partial charge in [-0.05, 0) is 24.8 Å². The van der Waals surface area contributed by atoms with Gasteiger partial charge in [0.15, 0.2) is 0 Å². The van der Waals surface area contributed by atoms with E-state index in [4.69, 9.17) is 4.74 Å². The lowest BCUT2D eigenvalue weighted by atomic mass is 10.2. The first-order valence-corrected chi connectivity index (χ1v) is 5.85. The Morgan fingerprint density at radius 3 is 2.59 bits per heavy atom. The standard InChI is InChI=1S/C13H18NO3/c15-10-6-2-5-9-14-13(16)17-11-12-7-3-1-4-8-12/h1,3-4,7-8H,2,5-6,9-11H2,(H,14,16). The first-order valence-electron chi connectivity index (χ1n) is 5.85. The van der Waals surface area contributed by atoms with Crippen LogP contribution in [0.3, 0.4) is 0 Å². The van der Waals surface area contributed by atoms with E-state index in [0.717, 1.165) is 18.4 Å². The zero-order valence-corrected chi connectivity index (χ0v) is 9.85. The Morgan fingerprint density at radius 2 is 1.88 bits per heavy atom. The van der Waals surface area contributed by atoms with Crippen molar-refractivity contribution in [1.29, 1.82) is 0 Å². The number of carbonyl (C=O) groups excluding carboxylic acids is 1. The quantitative estimate of drug-likeness (QED) is 0.739. The molecule has 0 bridgehead atoms. The number of benzene rings is 1. The van der Waals surface area contributed by atoms with E-state index in [1.165, 1.54) is 0 Å². The van der Waals surface area contributed by atoms with Gasteiger partial charge in [0.25, 0.3) is 0 Å². The lowest BCUT2D eigenvalue weighted by Crippen LogP contribution is -2.25. The van der Waals surface area contributed by atoms with Crippen LogP contribution >= 0.6 is 0 Å². The Hall–Kier alpha value is -1.55. The molecule has 0 aromatic heterocycles. The van der Waals surface area contributed by atoms with Crippen molar-refractivity contribution in [2.75, 3.05) is 13.2 Å². The number of hydrogen-bond acceptors (Lipinski definition) is 2. The highest BCUT2D eigenvalue weighted by Gasteiger charge is 2.01. The van der Waals surface area contributed by atoms with Gasteiger partial charge in [0.2, 0.25) is 0 Å². The predicted octanol–water partition coefficient (Wildman–Crippen LogP) is 2.51. The second-order valence-electron chi connectivity index (χ2n) is 3.75. The second-order valence-corrected chi connectivity index (χ2v) is 3.75. The van der Waals surface area contributed by atoms with Crippen molar-refractivity contribution in [2.45, 2.75) is 25.9 Å². The van der Waals surface area contributed by atoms with E-state index in [1.807, 2.05) is 30.3 Å². The molecule has 93 valence electrons. The Morgan fingerprint density at radius 1 is 1.12 bits per heavy atom. The molecule has 17 heavy (non-hydrogen) atoms. The van der Waals surface area contributed by atoms with Gasteiger partial charge in [-0.25, -0.2) is 9.90 Å². The Bertz CT molecular complexity index is 314. The average molecular weight is 236 g/mol. The van der Waals surface area contributed by atoms with E-state index < -0.39 is 6.09 Å². The molecule has 4 nitrogen and oxygen atoms in total. The summed E-state index contributed by atoms with van der Waals surface area (Å²) in [6, 6.07) is 9.53. The van der Waals surface area contributed by atoms with Gasteiger partial charge in [-0.2, -0.15) is 0 Å². The summed E-state index contributed by atoms with van der Waals surface area (Å²) in [6.07, 6.45) is 1.93. The molecule has 0 unspecified atom stereocenters. The fraction of sp³-hybridized carbons (Fsp3) is 0.462. The molecule has 1 amide bonds. The minimum absolute atomic E-state index is 0.0432. The minimum atomic E-state index is -0.407. The van der Waals surface area contributed by atoms with Crippen LogP contribution in [0.25, 0.3) is 0 Å². The number of nitrogens with one attached hydrogen (secondary N) is 1. The van der Waals surface area contributed by atoms with Crippen molar-refractivity contribution >= 4 is 6.09 Å². The van der Waals surface area contributed by atoms with Gasteiger partial charge in [-0.15, -0.1) is 0 Å². The summed E-state index contributed by atoms with van der Waals surface area (Å²) >= 11 is 0. The molecule has 0 aliphatic heterocycles. The molecular weight excluding hydrogens is 218 g/mol. The van der Waals surface area contributed by atoms with E-state index in [9.17, 15) is 9.90 Å². The molecule has 0 atom stereocenters. The smallest absolute Gasteiger partial charge is 0.407 e. The van der Waals surface area contributed by atoms with Crippen LogP contribution in [0.4, 0.5) is 4.79 Å². The summed E-state index contributed by atoms with van der Waals surface area (Å²) in [5.74, 6) is 0. The van der Waals surface area contributed by atoms with Crippen molar-refractivity contribution in [3.8, 4) is 0 Å². The second kappa shape index (κ2) is 8.58. The molecule has 0 spiro atoms. The van der Waals surface area contributed by atoms with E-state index in [-0.39, 0.29) is 13.2 Å². The first-order chi connectivity index (χ1) is 8.33. The molecule has 0 saturated carbocycles. The zero-order chi connectivity index (χ0) is 12.3. The maximum atomic E-state index is 11.3. The number of carbonyl (C=O) groups is 1. The van der Waals surface area contributed by atoms with Crippen LogP contribution in [0.5, 0.6) is 0 Å². The minimum Gasteiger partial charge on any atom is -0.445 e. The van der Waals surface area contributed by atoms with Crippen LogP contribution < -0.4 is 5.32 Å². The third kappa shape index (κ3) is 6.58. The lowest BCUT2D eigenvalue weighted by molar-refractivity contribution is 0.139. The van der Waals surface area contributed by atoms with Crippen LogP contribution in [0.2, 0.25) is 0 Å². The van der Waals surface area contributed by atoms with Gasteiger partial charge in [0.1, 0.15) is 6.61 Å². The van der Waals surface area contributed by atoms with Gasteiger partial charge in [-0.3, -0.25) is 0 Å². The molecular formula is C13H18NO3. The zero-order valence-electron chi connectivity index (χ0n) is 9.85. The van der Waals surface area contributed by atoms with Gasteiger partial charge >= 0.3 is 6.09 Å². The molecule has 1 radical (unpaired) electrons. The maximum absolute atomic E-state index is 11.3. The van der Waals surface area contributed by atoms with Crippen LogP contribution in [0.15, 0.2) is 30.3 Å². The monoisotopic (exact) mass is 236 g/mol. The highest BCUT2D eigenvalue weighted by molar-refractivity contribution is 5.67. The molecule has 0 heterocycles.